The van der Waals surface area contributed by atoms with E-state index in [9.17, 15) is 19.5 Å². The molecule has 1 aromatic rings. The van der Waals surface area contributed by atoms with E-state index in [1.165, 1.54) is 5.38 Å². The summed E-state index contributed by atoms with van der Waals surface area (Å²) in [4.78, 5) is 43.7. The quantitative estimate of drug-likeness (QED) is 0.239. The normalized spacial score (nSPS) is 12.1. The van der Waals surface area contributed by atoms with Crippen LogP contribution in [0.1, 0.15) is 47.2 Å². The number of hydrogen-bond donors (Lipinski definition) is 2. The van der Waals surface area contributed by atoms with Crippen molar-refractivity contribution in [3.63, 3.8) is 0 Å². The van der Waals surface area contributed by atoms with Gasteiger partial charge < -0.3 is 19.4 Å². The summed E-state index contributed by atoms with van der Waals surface area (Å²) < 4.78 is 10.1. The molecule has 0 bridgehead atoms. The minimum atomic E-state index is -1.45. The smallest absolute Gasteiger partial charge is 0.413 e. The third-order valence-electron chi connectivity index (χ3n) is 2.43. The zero-order chi connectivity index (χ0) is 21.7. The van der Waals surface area contributed by atoms with E-state index < -0.39 is 40.7 Å². The standard InChI is InChI=1S/C17H23N3O7S/c1-9(13(23)25-16(2,3)4)27-20-11(12(21)22)10-8-28-14(18-10)19-15(24)26-17(5,6)7/h8H,1H2,2-7H3,(H,21,22)(H,18,19,24). The van der Waals surface area contributed by atoms with Crippen molar-refractivity contribution in [3.05, 3.63) is 23.4 Å². The Balaban J connectivity index is 2.87. The van der Waals surface area contributed by atoms with Gasteiger partial charge in [-0.2, -0.15) is 0 Å². The molecule has 0 radical (unpaired) electrons. The predicted molar refractivity (Wildman–Crippen MR) is 102 cm³/mol. The molecule has 0 saturated heterocycles. The number of ether oxygens (including phenoxy) is 2. The Morgan fingerprint density at radius 1 is 1.14 bits per heavy atom. The van der Waals surface area contributed by atoms with Gasteiger partial charge in [0.15, 0.2) is 5.13 Å². The van der Waals surface area contributed by atoms with E-state index in [4.69, 9.17) is 14.3 Å². The molecule has 0 aliphatic rings. The van der Waals surface area contributed by atoms with E-state index in [1.807, 2.05) is 0 Å². The van der Waals surface area contributed by atoms with Crippen molar-refractivity contribution in [1.82, 2.24) is 4.98 Å². The lowest BCUT2D eigenvalue weighted by Gasteiger charge is -2.19. The molecule has 0 aromatic carbocycles. The van der Waals surface area contributed by atoms with Gasteiger partial charge in [-0.25, -0.2) is 19.4 Å². The summed E-state index contributed by atoms with van der Waals surface area (Å²) in [6.07, 6.45) is -0.739. The summed E-state index contributed by atoms with van der Waals surface area (Å²) in [5.41, 5.74) is -2.15. The Morgan fingerprint density at radius 2 is 1.71 bits per heavy atom. The first-order valence-electron chi connectivity index (χ1n) is 8.04. The van der Waals surface area contributed by atoms with Crippen LogP contribution < -0.4 is 5.32 Å². The zero-order valence-corrected chi connectivity index (χ0v) is 17.3. The molecule has 28 heavy (non-hydrogen) atoms. The highest BCUT2D eigenvalue weighted by Crippen LogP contribution is 2.18. The number of amides is 1. The van der Waals surface area contributed by atoms with E-state index in [-0.39, 0.29) is 10.8 Å². The first-order valence-corrected chi connectivity index (χ1v) is 8.92. The van der Waals surface area contributed by atoms with Crippen molar-refractivity contribution in [2.75, 3.05) is 5.32 Å². The van der Waals surface area contributed by atoms with Gasteiger partial charge in [0, 0.05) is 5.38 Å². The Bertz CT molecular complexity index is 800. The van der Waals surface area contributed by atoms with E-state index in [1.54, 1.807) is 41.5 Å². The average Bonchev–Trinajstić information content (AvgIpc) is 2.90. The fraction of sp³-hybridized carbons (Fsp3) is 0.471. The minimum absolute atomic E-state index is 0.0828. The summed E-state index contributed by atoms with van der Waals surface area (Å²) in [5.74, 6) is -2.83. The first-order chi connectivity index (χ1) is 12.7. The van der Waals surface area contributed by atoms with E-state index in [0.29, 0.717) is 0 Å². The molecule has 0 aliphatic carbocycles. The van der Waals surface area contributed by atoms with Gasteiger partial charge in [-0.05, 0) is 48.1 Å². The lowest BCUT2D eigenvalue weighted by molar-refractivity contribution is -0.154. The number of aromatic nitrogens is 1. The van der Waals surface area contributed by atoms with Crippen LogP contribution in [-0.4, -0.2) is 45.0 Å². The molecule has 1 amide bonds. The number of carboxylic acids is 1. The second-order valence-electron chi connectivity index (χ2n) is 7.43. The van der Waals surface area contributed by atoms with Crippen molar-refractivity contribution in [2.45, 2.75) is 52.7 Å². The molecule has 11 heteroatoms. The monoisotopic (exact) mass is 413 g/mol. The van der Waals surface area contributed by atoms with Crippen molar-refractivity contribution < 1.29 is 33.8 Å². The van der Waals surface area contributed by atoms with Gasteiger partial charge in [0.25, 0.3) is 0 Å². The van der Waals surface area contributed by atoms with Crippen LogP contribution in [0.3, 0.4) is 0 Å². The molecule has 154 valence electrons. The molecular weight excluding hydrogens is 390 g/mol. The molecule has 0 saturated carbocycles. The van der Waals surface area contributed by atoms with Crippen LogP contribution in [-0.2, 0) is 23.9 Å². The van der Waals surface area contributed by atoms with Gasteiger partial charge in [0.05, 0.1) is 0 Å². The van der Waals surface area contributed by atoms with Crippen molar-refractivity contribution in [3.8, 4) is 0 Å². The van der Waals surface area contributed by atoms with Crippen molar-refractivity contribution >= 4 is 40.2 Å². The lowest BCUT2D eigenvalue weighted by atomic mass is 10.2. The third-order valence-corrected chi connectivity index (χ3v) is 3.19. The molecule has 1 aromatic heterocycles. The van der Waals surface area contributed by atoms with Gasteiger partial charge in [0.1, 0.15) is 16.9 Å². The van der Waals surface area contributed by atoms with Crippen LogP contribution in [0, 0.1) is 0 Å². The summed E-state index contributed by atoms with van der Waals surface area (Å²) in [5, 5.41) is 16.6. The number of carbonyl (C=O) groups is 3. The molecule has 0 aliphatic heterocycles. The van der Waals surface area contributed by atoms with E-state index in [0.717, 1.165) is 11.3 Å². The average molecular weight is 413 g/mol. The number of thiazole rings is 1. The van der Waals surface area contributed by atoms with Gasteiger partial charge in [-0.3, -0.25) is 5.32 Å². The largest absolute Gasteiger partial charge is 0.476 e. The fourth-order valence-corrected chi connectivity index (χ4v) is 2.18. The molecule has 0 unspecified atom stereocenters. The molecule has 2 N–H and O–H groups in total. The highest BCUT2D eigenvalue weighted by atomic mass is 32.1. The van der Waals surface area contributed by atoms with Gasteiger partial charge in [-0.15, -0.1) is 11.3 Å². The Labute approximate surface area is 166 Å². The molecule has 0 spiro atoms. The highest BCUT2D eigenvalue weighted by molar-refractivity contribution is 7.14. The predicted octanol–water partition coefficient (Wildman–Crippen LogP) is 3.15. The number of hydrogen-bond acceptors (Lipinski definition) is 9. The van der Waals surface area contributed by atoms with Gasteiger partial charge in [-0.1, -0.05) is 5.16 Å². The van der Waals surface area contributed by atoms with Crippen LogP contribution in [0.5, 0.6) is 0 Å². The number of nitrogens with one attached hydrogen (secondary N) is 1. The van der Waals surface area contributed by atoms with Crippen LogP contribution in [0.2, 0.25) is 0 Å². The second kappa shape index (κ2) is 8.83. The molecule has 1 heterocycles. The second-order valence-corrected chi connectivity index (χ2v) is 8.28. The summed E-state index contributed by atoms with van der Waals surface area (Å²) in [6, 6.07) is 0. The number of anilines is 1. The zero-order valence-electron chi connectivity index (χ0n) is 16.5. The molecule has 1 rings (SSSR count). The first kappa shape index (κ1) is 23.1. The van der Waals surface area contributed by atoms with Crippen LogP contribution in [0.4, 0.5) is 9.93 Å². The summed E-state index contributed by atoms with van der Waals surface area (Å²) in [7, 11) is 0. The van der Waals surface area contributed by atoms with Crippen LogP contribution >= 0.6 is 11.3 Å². The van der Waals surface area contributed by atoms with Crippen LogP contribution in [0.25, 0.3) is 0 Å². The number of aliphatic carboxylic acids is 1. The molecular formula is C17H23N3O7S. The molecule has 0 atom stereocenters. The topological polar surface area (TPSA) is 136 Å². The fourth-order valence-electron chi connectivity index (χ4n) is 1.50. The van der Waals surface area contributed by atoms with E-state index in [2.05, 4.69) is 22.0 Å². The van der Waals surface area contributed by atoms with Crippen molar-refractivity contribution in [2.24, 2.45) is 5.16 Å². The lowest BCUT2D eigenvalue weighted by Crippen LogP contribution is -2.27. The van der Waals surface area contributed by atoms with Crippen LogP contribution in [0.15, 0.2) is 22.9 Å². The number of nitrogens with zero attached hydrogens (tertiary/aromatic N) is 2. The summed E-state index contributed by atoms with van der Waals surface area (Å²) >= 11 is 0.961. The third kappa shape index (κ3) is 8.16. The maximum Gasteiger partial charge on any atom is 0.413 e. The van der Waals surface area contributed by atoms with Gasteiger partial charge >= 0.3 is 18.0 Å². The van der Waals surface area contributed by atoms with Crippen molar-refractivity contribution in [1.29, 1.82) is 0 Å². The number of carboxylic acid groups (broad SMARTS) is 1. The Morgan fingerprint density at radius 3 is 2.21 bits per heavy atom. The Hall–Kier alpha value is -2.95. The highest BCUT2D eigenvalue weighted by Gasteiger charge is 2.23. The molecule has 0 fully saturated rings. The maximum atomic E-state index is 11.8. The van der Waals surface area contributed by atoms with E-state index >= 15 is 0 Å². The Kier molecular flexibility index (Phi) is 7.28. The molecule has 10 nitrogen and oxygen atoms in total. The minimum Gasteiger partial charge on any atom is -0.476 e. The SMILES string of the molecule is C=C(ON=C(C(=O)O)c1csc(NC(=O)OC(C)(C)C)n1)C(=O)OC(C)(C)C. The summed E-state index contributed by atoms with van der Waals surface area (Å²) in [6.45, 7) is 13.4. The number of esters is 1. The maximum absolute atomic E-state index is 11.8. The number of carbonyl (C=O) groups excluding carboxylic acids is 2. The number of oxime groups is 1. The number of rotatable bonds is 6. The van der Waals surface area contributed by atoms with Gasteiger partial charge in [0.2, 0.25) is 11.5 Å².